The lowest BCUT2D eigenvalue weighted by Crippen LogP contribution is -2.26. The fourth-order valence-electron chi connectivity index (χ4n) is 2.70. The van der Waals surface area contributed by atoms with E-state index < -0.39 is 0 Å². The molecule has 1 aromatic rings. The average Bonchev–Trinajstić information content (AvgIpc) is 2.88. The van der Waals surface area contributed by atoms with Crippen LogP contribution < -0.4 is 10.1 Å². The van der Waals surface area contributed by atoms with Gasteiger partial charge in [-0.1, -0.05) is 18.5 Å². The van der Waals surface area contributed by atoms with Crippen molar-refractivity contribution in [3.8, 4) is 5.88 Å². The second-order valence-electron chi connectivity index (χ2n) is 5.67. The molecule has 1 unspecified atom stereocenters. The zero-order chi connectivity index (χ0) is 15.1. The summed E-state index contributed by atoms with van der Waals surface area (Å²) in [6.07, 6.45) is 4.74. The van der Waals surface area contributed by atoms with E-state index in [9.17, 15) is 0 Å². The maximum absolute atomic E-state index is 6.17. The number of pyridine rings is 1. The van der Waals surface area contributed by atoms with Crippen LogP contribution in [0.4, 0.5) is 0 Å². The molecule has 1 aromatic heterocycles. The Labute approximate surface area is 132 Å². The summed E-state index contributed by atoms with van der Waals surface area (Å²) in [6.45, 7) is 5.72. The molecule has 1 aliphatic rings. The Morgan fingerprint density at radius 2 is 2.33 bits per heavy atom. The van der Waals surface area contributed by atoms with Gasteiger partial charge in [0.1, 0.15) is 0 Å². The van der Waals surface area contributed by atoms with E-state index in [1.54, 1.807) is 0 Å². The number of rotatable bonds is 8. The van der Waals surface area contributed by atoms with Crippen molar-refractivity contribution >= 4 is 11.6 Å². The van der Waals surface area contributed by atoms with Gasteiger partial charge >= 0.3 is 0 Å². The number of hydrogen-bond acceptors (Lipinski definition) is 4. The molecule has 0 spiro atoms. The van der Waals surface area contributed by atoms with Crippen LogP contribution in [0.1, 0.15) is 38.3 Å². The fraction of sp³-hybridized carbons (Fsp3) is 0.688. The lowest BCUT2D eigenvalue weighted by atomic mass is 10.1. The molecule has 1 saturated heterocycles. The molecule has 1 aliphatic heterocycles. The molecule has 0 radical (unpaired) electrons. The van der Waals surface area contributed by atoms with Gasteiger partial charge in [0.15, 0.2) is 0 Å². The number of ether oxygens (including phenoxy) is 1. The highest BCUT2D eigenvalue weighted by Crippen LogP contribution is 2.20. The Balaban J connectivity index is 1.81. The molecule has 118 valence electrons. The zero-order valence-corrected chi connectivity index (χ0v) is 13.8. The number of hydrogen-bond donors (Lipinski definition) is 1. The van der Waals surface area contributed by atoms with Crippen molar-refractivity contribution in [3.05, 3.63) is 22.8 Å². The number of likely N-dealkylation sites (tertiary alicyclic amines) is 1. The van der Waals surface area contributed by atoms with E-state index >= 15 is 0 Å². The van der Waals surface area contributed by atoms with Crippen LogP contribution in [-0.4, -0.2) is 42.7 Å². The predicted molar refractivity (Wildman–Crippen MR) is 87.0 cm³/mol. The highest BCUT2D eigenvalue weighted by molar-refractivity contribution is 6.31. The predicted octanol–water partition coefficient (Wildman–Crippen LogP) is 3.10. The first-order valence-electron chi connectivity index (χ1n) is 7.90. The van der Waals surface area contributed by atoms with Gasteiger partial charge < -0.3 is 15.0 Å². The first-order valence-corrected chi connectivity index (χ1v) is 8.27. The molecule has 0 aliphatic carbocycles. The summed E-state index contributed by atoms with van der Waals surface area (Å²) in [5.74, 6) is 0.674. The first-order chi connectivity index (χ1) is 10.2. The summed E-state index contributed by atoms with van der Waals surface area (Å²) in [5, 5.41) is 4.01. The van der Waals surface area contributed by atoms with E-state index in [1.165, 1.54) is 19.4 Å². The van der Waals surface area contributed by atoms with Gasteiger partial charge in [-0.15, -0.1) is 0 Å². The van der Waals surface area contributed by atoms with E-state index in [1.807, 2.05) is 12.1 Å². The molecule has 1 fully saturated rings. The summed E-state index contributed by atoms with van der Waals surface area (Å²) in [6, 6.07) is 4.38. The highest BCUT2D eigenvalue weighted by atomic mass is 35.5. The van der Waals surface area contributed by atoms with Crippen LogP contribution in [0.3, 0.4) is 0 Å². The SMILES string of the molecule is CCCNCc1nc(OCCC2CCCN2C)ccc1Cl. The molecule has 21 heavy (non-hydrogen) atoms. The molecule has 5 heteroatoms. The smallest absolute Gasteiger partial charge is 0.213 e. The van der Waals surface area contributed by atoms with Crippen LogP contribution in [-0.2, 0) is 6.54 Å². The van der Waals surface area contributed by atoms with E-state index in [4.69, 9.17) is 16.3 Å². The van der Waals surface area contributed by atoms with Crippen LogP contribution in [0.15, 0.2) is 12.1 Å². The Bertz CT molecular complexity index is 442. The maximum atomic E-state index is 6.17. The van der Waals surface area contributed by atoms with Crippen LogP contribution in [0.5, 0.6) is 5.88 Å². The molecular formula is C16H26ClN3O. The first kappa shape index (κ1) is 16.5. The third kappa shape index (κ3) is 5.13. The number of aromatic nitrogens is 1. The van der Waals surface area contributed by atoms with Gasteiger partial charge in [-0.2, -0.15) is 0 Å². The fourth-order valence-corrected chi connectivity index (χ4v) is 2.87. The van der Waals surface area contributed by atoms with Gasteiger partial charge in [-0.25, -0.2) is 4.98 Å². The molecule has 0 aromatic carbocycles. The van der Waals surface area contributed by atoms with Gasteiger partial charge in [0, 0.05) is 18.7 Å². The molecule has 0 bridgehead atoms. The minimum atomic E-state index is 0.656. The lowest BCUT2D eigenvalue weighted by molar-refractivity contribution is 0.228. The Kier molecular flexibility index (Phi) is 6.74. The van der Waals surface area contributed by atoms with Gasteiger partial charge in [0.05, 0.1) is 17.3 Å². The minimum Gasteiger partial charge on any atom is -0.478 e. The molecule has 1 atom stereocenters. The summed E-state index contributed by atoms with van der Waals surface area (Å²) in [4.78, 5) is 6.91. The second kappa shape index (κ2) is 8.57. The standard InChI is InChI=1S/C16H26ClN3O/c1-3-9-18-12-15-14(17)6-7-16(19-15)21-11-8-13-5-4-10-20(13)2/h6-7,13,18H,3-5,8-12H2,1-2H3. The van der Waals surface area contributed by atoms with Crippen molar-refractivity contribution in [3.63, 3.8) is 0 Å². The monoisotopic (exact) mass is 311 g/mol. The van der Waals surface area contributed by atoms with Gasteiger partial charge in [0.25, 0.3) is 0 Å². The van der Waals surface area contributed by atoms with Crippen molar-refractivity contribution in [2.24, 2.45) is 0 Å². The molecule has 4 nitrogen and oxygen atoms in total. The third-order valence-electron chi connectivity index (χ3n) is 3.98. The summed E-state index contributed by atoms with van der Waals surface area (Å²) >= 11 is 6.17. The Morgan fingerprint density at radius 1 is 1.48 bits per heavy atom. The topological polar surface area (TPSA) is 37.4 Å². The molecule has 0 saturated carbocycles. The number of nitrogens with one attached hydrogen (secondary N) is 1. The number of halogens is 1. The quantitative estimate of drug-likeness (QED) is 0.749. The van der Waals surface area contributed by atoms with E-state index in [0.29, 0.717) is 30.1 Å². The molecule has 2 heterocycles. The molecule has 0 amide bonds. The zero-order valence-electron chi connectivity index (χ0n) is 13.1. The summed E-state index contributed by atoms with van der Waals surface area (Å²) < 4.78 is 5.79. The van der Waals surface area contributed by atoms with E-state index in [0.717, 1.165) is 25.1 Å². The highest BCUT2D eigenvalue weighted by Gasteiger charge is 2.20. The Hall–Kier alpha value is -0.840. The minimum absolute atomic E-state index is 0.656. The summed E-state index contributed by atoms with van der Waals surface area (Å²) in [7, 11) is 2.19. The number of nitrogens with zero attached hydrogens (tertiary/aromatic N) is 2. The largest absolute Gasteiger partial charge is 0.478 e. The van der Waals surface area contributed by atoms with Crippen LogP contribution >= 0.6 is 11.6 Å². The maximum Gasteiger partial charge on any atom is 0.213 e. The Morgan fingerprint density at radius 3 is 3.05 bits per heavy atom. The normalized spacial score (nSPS) is 19.1. The van der Waals surface area contributed by atoms with E-state index in [2.05, 4.69) is 29.2 Å². The van der Waals surface area contributed by atoms with Crippen molar-refractivity contribution in [2.45, 2.75) is 45.2 Å². The lowest BCUT2D eigenvalue weighted by Gasteiger charge is -2.19. The molecule has 1 N–H and O–H groups in total. The van der Waals surface area contributed by atoms with Gasteiger partial charge in [-0.3, -0.25) is 0 Å². The third-order valence-corrected chi connectivity index (χ3v) is 4.33. The van der Waals surface area contributed by atoms with Crippen LogP contribution in [0.2, 0.25) is 5.02 Å². The van der Waals surface area contributed by atoms with Crippen LogP contribution in [0, 0.1) is 0 Å². The van der Waals surface area contributed by atoms with Crippen molar-refractivity contribution in [1.82, 2.24) is 15.2 Å². The van der Waals surface area contributed by atoms with Gasteiger partial charge in [0.2, 0.25) is 5.88 Å². The van der Waals surface area contributed by atoms with Crippen molar-refractivity contribution in [1.29, 1.82) is 0 Å². The van der Waals surface area contributed by atoms with Crippen LogP contribution in [0.25, 0.3) is 0 Å². The molecular weight excluding hydrogens is 286 g/mol. The van der Waals surface area contributed by atoms with E-state index in [-0.39, 0.29) is 0 Å². The van der Waals surface area contributed by atoms with Crippen molar-refractivity contribution in [2.75, 3.05) is 26.7 Å². The van der Waals surface area contributed by atoms with Gasteiger partial charge in [-0.05, 0) is 51.9 Å². The molecule has 2 rings (SSSR count). The summed E-state index contributed by atoms with van der Waals surface area (Å²) in [5.41, 5.74) is 0.862. The van der Waals surface area contributed by atoms with Crippen molar-refractivity contribution < 1.29 is 4.74 Å². The second-order valence-corrected chi connectivity index (χ2v) is 6.08. The average molecular weight is 312 g/mol.